The van der Waals surface area contributed by atoms with Crippen LogP contribution < -0.4 is 10.7 Å². The average Bonchev–Trinajstić information content (AvgIpc) is 2.83. The number of aryl methyl sites for hydroxylation is 2. The van der Waals surface area contributed by atoms with E-state index in [2.05, 4.69) is 34.3 Å². The molecule has 0 fully saturated rings. The number of amides is 2. The van der Waals surface area contributed by atoms with Gasteiger partial charge in [0.15, 0.2) is 0 Å². The molecule has 0 bridgehead atoms. The van der Waals surface area contributed by atoms with Crippen molar-refractivity contribution in [2.45, 2.75) is 40.7 Å². The highest BCUT2D eigenvalue weighted by atomic mass is 16.2. The first kappa shape index (κ1) is 18.4. The third-order valence-electron chi connectivity index (χ3n) is 3.93. The Morgan fingerprint density at radius 2 is 1.72 bits per heavy atom. The van der Waals surface area contributed by atoms with Crippen LogP contribution in [0.25, 0.3) is 0 Å². The molecule has 0 aliphatic heterocycles. The second-order valence-electron chi connectivity index (χ2n) is 6.31. The van der Waals surface area contributed by atoms with Crippen molar-refractivity contribution in [3.8, 4) is 0 Å². The second-order valence-corrected chi connectivity index (χ2v) is 6.31. The molecule has 132 valence electrons. The van der Waals surface area contributed by atoms with Crippen molar-refractivity contribution in [3.05, 3.63) is 52.8 Å². The minimum Gasteiger partial charge on any atom is -0.346 e. The summed E-state index contributed by atoms with van der Waals surface area (Å²) < 4.78 is 2.19. The minimum atomic E-state index is -0.811. The summed E-state index contributed by atoms with van der Waals surface area (Å²) in [4.78, 5) is 23.7. The summed E-state index contributed by atoms with van der Waals surface area (Å²) >= 11 is 0. The van der Waals surface area contributed by atoms with Crippen LogP contribution in [0.15, 0.2) is 35.4 Å². The number of carbonyl (C=O) groups excluding carboxylic acids is 2. The zero-order chi connectivity index (χ0) is 18.6. The van der Waals surface area contributed by atoms with E-state index in [9.17, 15) is 9.59 Å². The maximum atomic E-state index is 11.9. The van der Waals surface area contributed by atoms with Crippen molar-refractivity contribution in [3.63, 3.8) is 0 Å². The van der Waals surface area contributed by atoms with Crippen LogP contribution in [0, 0.1) is 20.8 Å². The van der Waals surface area contributed by atoms with Crippen LogP contribution in [-0.4, -0.2) is 22.6 Å². The van der Waals surface area contributed by atoms with Gasteiger partial charge in [-0.05, 0) is 52.8 Å². The van der Waals surface area contributed by atoms with E-state index in [0.29, 0.717) is 11.7 Å². The van der Waals surface area contributed by atoms with Gasteiger partial charge in [-0.3, -0.25) is 9.59 Å². The molecule has 0 radical (unpaired) electrons. The lowest BCUT2D eigenvalue weighted by molar-refractivity contribution is -0.136. The van der Waals surface area contributed by atoms with Gasteiger partial charge >= 0.3 is 11.8 Å². The largest absolute Gasteiger partial charge is 0.346 e. The van der Waals surface area contributed by atoms with E-state index in [-0.39, 0.29) is 0 Å². The monoisotopic (exact) mass is 340 g/mol. The summed E-state index contributed by atoms with van der Waals surface area (Å²) in [6.45, 7) is 10.2. The second kappa shape index (κ2) is 7.79. The number of hydrogen-bond donors (Lipinski definition) is 2. The van der Waals surface area contributed by atoms with Gasteiger partial charge in [0.1, 0.15) is 0 Å². The van der Waals surface area contributed by atoms with E-state index in [1.807, 2.05) is 39.0 Å². The molecule has 0 unspecified atom stereocenters. The molecular formula is C19H24N4O2. The molecule has 25 heavy (non-hydrogen) atoms. The predicted molar refractivity (Wildman–Crippen MR) is 99.8 cm³/mol. The molecular weight excluding hydrogens is 316 g/mol. The van der Waals surface area contributed by atoms with E-state index in [1.54, 1.807) is 18.3 Å². The summed E-state index contributed by atoms with van der Waals surface area (Å²) in [5.74, 6) is -1.57. The first-order valence-electron chi connectivity index (χ1n) is 8.19. The van der Waals surface area contributed by atoms with Gasteiger partial charge in [-0.25, -0.2) is 5.43 Å². The van der Waals surface area contributed by atoms with Gasteiger partial charge in [-0.15, -0.1) is 0 Å². The highest BCUT2D eigenvalue weighted by Gasteiger charge is 2.13. The SMILES string of the molecule is Cc1ccc(NC(=O)C(=O)N/N=C\c2cc(C)n(C(C)C)c2C)cc1. The third kappa shape index (κ3) is 4.56. The maximum absolute atomic E-state index is 11.9. The zero-order valence-corrected chi connectivity index (χ0v) is 15.3. The number of nitrogens with one attached hydrogen (secondary N) is 2. The van der Waals surface area contributed by atoms with E-state index in [0.717, 1.165) is 22.5 Å². The maximum Gasteiger partial charge on any atom is 0.329 e. The smallest absolute Gasteiger partial charge is 0.329 e. The number of nitrogens with zero attached hydrogens (tertiary/aromatic N) is 2. The fraction of sp³-hybridized carbons (Fsp3) is 0.316. The van der Waals surface area contributed by atoms with Gasteiger partial charge in [0, 0.05) is 28.7 Å². The van der Waals surface area contributed by atoms with Gasteiger partial charge in [-0.2, -0.15) is 5.10 Å². The van der Waals surface area contributed by atoms with Crippen LogP contribution in [0.1, 0.15) is 42.4 Å². The van der Waals surface area contributed by atoms with Gasteiger partial charge in [0.05, 0.1) is 6.21 Å². The number of benzene rings is 1. The van der Waals surface area contributed by atoms with Crippen molar-refractivity contribution in [1.29, 1.82) is 0 Å². The van der Waals surface area contributed by atoms with Crippen LogP contribution >= 0.6 is 0 Å². The summed E-state index contributed by atoms with van der Waals surface area (Å²) in [7, 11) is 0. The standard InChI is InChI=1S/C19H24N4O2/c1-12(2)23-14(4)10-16(15(23)5)11-20-22-19(25)18(24)21-17-8-6-13(3)7-9-17/h6-12H,1-5H3,(H,21,24)(H,22,25)/b20-11-. The highest BCUT2D eigenvalue weighted by Crippen LogP contribution is 2.18. The summed E-state index contributed by atoms with van der Waals surface area (Å²) in [6, 6.07) is 9.54. The van der Waals surface area contributed by atoms with Gasteiger partial charge in [0.25, 0.3) is 0 Å². The number of hydrazone groups is 1. The Hall–Kier alpha value is -2.89. The Morgan fingerprint density at radius 1 is 1.08 bits per heavy atom. The first-order chi connectivity index (χ1) is 11.8. The molecule has 0 spiro atoms. The Morgan fingerprint density at radius 3 is 2.28 bits per heavy atom. The molecule has 1 aromatic heterocycles. The van der Waals surface area contributed by atoms with E-state index >= 15 is 0 Å². The normalized spacial score (nSPS) is 11.1. The fourth-order valence-electron chi connectivity index (χ4n) is 2.76. The quantitative estimate of drug-likeness (QED) is 0.510. The molecule has 6 heteroatoms. The highest BCUT2D eigenvalue weighted by molar-refractivity contribution is 6.39. The van der Waals surface area contributed by atoms with E-state index < -0.39 is 11.8 Å². The van der Waals surface area contributed by atoms with E-state index in [1.165, 1.54) is 0 Å². The van der Waals surface area contributed by atoms with Crippen LogP contribution in [0.5, 0.6) is 0 Å². The molecule has 2 aromatic rings. The Bertz CT molecular complexity index is 802. The molecule has 1 heterocycles. The van der Waals surface area contributed by atoms with Gasteiger partial charge in [-0.1, -0.05) is 17.7 Å². The van der Waals surface area contributed by atoms with Crippen molar-refractivity contribution in [2.24, 2.45) is 5.10 Å². The van der Waals surface area contributed by atoms with Crippen molar-refractivity contribution in [2.75, 3.05) is 5.32 Å². The molecule has 2 amide bonds. The third-order valence-corrected chi connectivity index (χ3v) is 3.93. The topological polar surface area (TPSA) is 75.5 Å². The van der Waals surface area contributed by atoms with Gasteiger partial charge < -0.3 is 9.88 Å². The summed E-state index contributed by atoms with van der Waals surface area (Å²) in [6.07, 6.45) is 1.55. The molecule has 0 saturated carbocycles. The van der Waals surface area contributed by atoms with Crippen LogP contribution in [-0.2, 0) is 9.59 Å². The number of hydrogen-bond acceptors (Lipinski definition) is 3. The first-order valence-corrected chi connectivity index (χ1v) is 8.19. The van der Waals surface area contributed by atoms with Crippen molar-refractivity contribution in [1.82, 2.24) is 9.99 Å². The number of carbonyl (C=O) groups is 2. The lowest BCUT2D eigenvalue weighted by atomic mass is 10.2. The molecule has 0 aliphatic carbocycles. The fourth-order valence-corrected chi connectivity index (χ4v) is 2.76. The van der Waals surface area contributed by atoms with E-state index in [4.69, 9.17) is 0 Å². The van der Waals surface area contributed by atoms with Gasteiger partial charge in [0.2, 0.25) is 0 Å². The molecule has 0 atom stereocenters. The predicted octanol–water partition coefficient (Wildman–Crippen LogP) is 3.08. The molecule has 0 aliphatic rings. The number of rotatable bonds is 4. The number of aromatic nitrogens is 1. The Balaban J connectivity index is 1.97. The van der Waals surface area contributed by atoms with Crippen LogP contribution in [0.4, 0.5) is 5.69 Å². The molecule has 0 saturated heterocycles. The zero-order valence-electron chi connectivity index (χ0n) is 15.3. The average molecular weight is 340 g/mol. The summed E-state index contributed by atoms with van der Waals surface area (Å²) in [5, 5.41) is 6.42. The lowest BCUT2D eigenvalue weighted by Crippen LogP contribution is -2.32. The van der Waals surface area contributed by atoms with Crippen LogP contribution in [0.3, 0.4) is 0 Å². The summed E-state index contributed by atoms with van der Waals surface area (Å²) in [5.41, 5.74) is 6.99. The van der Waals surface area contributed by atoms with Crippen LogP contribution in [0.2, 0.25) is 0 Å². The molecule has 6 nitrogen and oxygen atoms in total. The lowest BCUT2D eigenvalue weighted by Gasteiger charge is -2.13. The Kier molecular flexibility index (Phi) is 5.75. The van der Waals surface area contributed by atoms with Crippen molar-refractivity contribution >= 4 is 23.7 Å². The number of anilines is 1. The molecule has 1 aromatic carbocycles. The molecule has 2 N–H and O–H groups in total. The minimum absolute atomic E-state index is 0.344. The molecule has 2 rings (SSSR count). The Labute approximate surface area is 147 Å². The van der Waals surface area contributed by atoms with Crippen molar-refractivity contribution < 1.29 is 9.59 Å².